The molecule has 34 heavy (non-hydrogen) atoms. The van der Waals surface area contributed by atoms with Crippen LogP contribution in [0.4, 0.5) is 5.00 Å². The molecule has 172 valence electrons. The second-order valence-electron chi connectivity index (χ2n) is 7.62. The monoisotopic (exact) mass is 470 g/mol. The summed E-state index contributed by atoms with van der Waals surface area (Å²) in [5, 5.41) is 6.76. The second kappa shape index (κ2) is 11.4. The summed E-state index contributed by atoms with van der Waals surface area (Å²) in [4.78, 5) is 26.4. The van der Waals surface area contributed by atoms with Gasteiger partial charge in [0.15, 0.2) is 0 Å². The number of ether oxygens (including phenoxy) is 1. The van der Waals surface area contributed by atoms with Gasteiger partial charge in [-0.05, 0) is 29.7 Å². The molecule has 0 aliphatic rings. The molecule has 0 radical (unpaired) electrons. The molecule has 1 aromatic heterocycles. The van der Waals surface area contributed by atoms with Crippen LogP contribution >= 0.6 is 11.3 Å². The van der Waals surface area contributed by atoms with Crippen molar-refractivity contribution in [1.82, 2.24) is 5.32 Å². The van der Waals surface area contributed by atoms with Gasteiger partial charge >= 0.3 is 5.97 Å². The number of rotatable bonds is 9. The summed E-state index contributed by atoms with van der Waals surface area (Å²) in [6.07, 6.45) is 0. The molecular formula is C28H26N2O3S. The van der Waals surface area contributed by atoms with Crippen LogP contribution in [0, 0.1) is 0 Å². The number of esters is 1. The Morgan fingerprint density at radius 3 is 1.97 bits per heavy atom. The van der Waals surface area contributed by atoms with Gasteiger partial charge < -0.3 is 10.1 Å². The van der Waals surface area contributed by atoms with Gasteiger partial charge in [-0.15, -0.1) is 11.3 Å². The first-order valence-corrected chi connectivity index (χ1v) is 12.0. The highest BCUT2D eigenvalue weighted by atomic mass is 32.1. The largest absolute Gasteiger partial charge is 0.462 e. The van der Waals surface area contributed by atoms with E-state index in [0.29, 0.717) is 10.6 Å². The molecular weight excluding hydrogens is 444 g/mol. The number of nitrogens with one attached hydrogen (secondary N) is 2. The molecule has 1 amide bonds. The molecule has 0 aliphatic carbocycles. The Morgan fingerprint density at radius 2 is 1.41 bits per heavy atom. The van der Waals surface area contributed by atoms with Crippen molar-refractivity contribution in [1.29, 1.82) is 0 Å². The number of hydrogen-bond donors (Lipinski definition) is 2. The number of thiophene rings is 1. The molecule has 0 atom stereocenters. The van der Waals surface area contributed by atoms with Crippen LogP contribution in [0.1, 0.15) is 34.5 Å². The Kier molecular flexibility index (Phi) is 7.86. The smallest absolute Gasteiger partial charge is 0.341 e. The molecule has 3 aromatic carbocycles. The van der Waals surface area contributed by atoms with Gasteiger partial charge in [0, 0.05) is 4.88 Å². The predicted octanol–water partition coefficient (Wildman–Crippen LogP) is 5.91. The van der Waals surface area contributed by atoms with Crippen LogP contribution in [0.2, 0.25) is 0 Å². The van der Waals surface area contributed by atoms with E-state index in [9.17, 15) is 9.59 Å². The van der Waals surface area contributed by atoms with Crippen LogP contribution < -0.4 is 10.6 Å². The molecule has 5 nitrogen and oxygen atoms in total. The van der Waals surface area contributed by atoms with E-state index >= 15 is 0 Å². The lowest BCUT2D eigenvalue weighted by Gasteiger charge is -2.19. The molecule has 0 saturated carbocycles. The fraction of sp³-hybridized carbons (Fsp3) is 0.143. The third-order valence-corrected chi connectivity index (χ3v) is 6.37. The lowest BCUT2D eigenvalue weighted by Crippen LogP contribution is -2.32. The third-order valence-electron chi connectivity index (χ3n) is 5.27. The van der Waals surface area contributed by atoms with E-state index in [-0.39, 0.29) is 25.1 Å². The van der Waals surface area contributed by atoms with Crippen molar-refractivity contribution in [3.05, 3.63) is 114 Å². The minimum absolute atomic E-state index is 0.0787. The van der Waals surface area contributed by atoms with E-state index < -0.39 is 5.97 Å². The van der Waals surface area contributed by atoms with Gasteiger partial charge in [-0.1, -0.05) is 91.0 Å². The van der Waals surface area contributed by atoms with E-state index in [0.717, 1.165) is 21.6 Å². The van der Waals surface area contributed by atoms with E-state index in [1.165, 1.54) is 11.3 Å². The summed E-state index contributed by atoms with van der Waals surface area (Å²) >= 11 is 1.36. The maximum absolute atomic E-state index is 12.9. The van der Waals surface area contributed by atoms with Crippen LogP contribution in [0.15, 0.2) is 97.1 Å². The van der Waals surface area contributed by atoms with Crippen LogP contribution in [0.5, 0.6) is 0 Å². The van der Waals surface area contributed by atoms with Crippen molar-refractivity contribution in [2.24, 2.45) is 0 Å². The fourth-order valence-corrected chi connectivity index (χ4v) is 4.74. The van der Waals surface area contributed by atoms with Crippen molar-refractivity contribution < 1.29 is 14.3 Å². The van der Waals surface area contributed by atoms with Gasteiger partial charge in [0.25, 0.3) is 0 Å². The summed E-state index contributed by atoms with van der Waals surface area (Å²) in [5.74, 6) is -0.681. The van der Waals surface area contributed by atoms with Crippen LogP contribution in [0.25, 0.3) is 10.4 Å². The molecule has 4 rings (SSSR count). The first-order valence-electron chi connectivity index (χ1n) is 11.1. The Balaban J connectivity index is 1.52. The Morgan fingerprint density at radius 1 is 0.853 bits per heavy atom. The first-order chi connectivity index (χ1) is 16.7. The van der Waals surface area contributed by atoms with Crippen molar-refractivity contribution in [3.63, 3.8) is 0 Å². The second-order valence-corrected chi connectivity index (χ2v) is 8.68. The highest BCUT2D eigenvalue weighted by Crippen LogP contribution is 2.36. The number of benzene rings is 3. The van der Waals surface area contributed by atoms with Crippen LogP contribution in [-0.4, -0.2) is 25.0 Å². The minimum Gasteiger partial charge on any atom is -0.462 e. The quantitative estimate of drug-likeness (QED) is 0.299. The Bertz CT molecular complexity index is 1190. The number of anilines is 1. The zero-order chi connectivity index (χ0) is 23.8. The van der Waals surface area contributed by atoms with E-state index in [4.69, 9.17) is 4.74 Å². The number of hydrogen-bond acceptors (Lipinski definition) is 5. The minimum atomic E-state index is -0.448. The lowest BCUT2D eigenvalue weighted by atomic mass is 9.99. The molecule has 0 fully saturated rings. The molecule has 2 N–H and O–H groups in total. The van der Waals surface area contributed by atoms with Crippen molar-refractivity contribution >= 4 is 28.2 Å². The summed E-state index contributed by atoms with van der Waals surface area (Å²) in [5.41, 5.74) is 3.47. The van der Waals surface area contributed by atoms with E-state index in [2.05, 4.69) is 10.6 Å². The SMILES string of the molecule is CCOC(=O)c1cc(-c2ccccc2)sc1NC(=O)CNC(c1ccccc1)c1ccccc1. The summed E-state index contributed by atoms with van der Waals surface area (Å²) in [6, 6.07) is 31.4. The summed E-state index contributed by atoms with van der Waals surface area (Å²) in [7, 11) is 0. The van der Waals surface area contributed by atoms with Gasteiger partial charge in [0.05, 0.1) is 24.8 Å². The molecule has 4 aromatic rings. The van der Waals surface area contributed by atoms with Gasteiger partial charge in [0.1, 0.15) is 5.00 Å². The van der Waals surface area contributed by atoms with Gasteiger partial charge in [-0.2, -0.15) is 0 Å². The predicted molar refractivity (Wildman–Crippen MR) is 137 cm³/mol. The molecule has 0 saturated heterocycles. The van der Waals surface area contributed by atoms with Crippen molar-refractivity contribution in [2.75, 3.05) is 18.5 Å². The maximum Gasteiger partial charge on any atom is 0.341 e. The highest BCUT2D eigenvalue weighted by molar-refractivity contribution is 7.20. The molecule has 1 heterocycles. The van der Waals surface area contributed by atoms with Gasteiger partial charge in [-0.3, -0.25) is 10.1 Å². The zero-order valence-corrected chi connectivity index (χ0v) is 19.7. The summed E-state index contributed by atoms with van der Waals surface area (Å²) in [6.45, 7) is 2.10. The Hall–Kier alpha value is -3.74. The van der Waals surface area contributed by atoms with Gasteiger partial charge in [-0.25, -0.2) is 4.79 Å². The Labute approximate surface area is 203 Å². The maximum atomic E-state index is 12.9. The molecule has 0 bridgehead atoms. The number of amides is 1. The normalized spacial score (nSPS) is 10.8. The first kappa shape index (κ1) is 23.4. The molecule has 0 spiro atoms. The van der Waals surface area contributed by atoms with E-state index in [1.807, 2.05) is 91.0 Å². The summed E-state index contributed by atoms with van der Waals surface area (Å²) < 4.78 is 5.21. The zero-order valence-electron chi connectivity index (χ0n) is 18.9. The van der Waals surface area contributed by atoms with Crippen LogP contribution in [-0.2, 0) is 9.53 Å². The average Bonchev–Trinajstić information content (AvgIpc) is 3.30. The van der Waals surface area contributed by atoms with Crippen LogP contribution in [0.3, 0.4) is 0 Å². The number of carbonyl (C=O) groups is 2. The van der Waals surface area contributed by atoms with Crippen molar-refractivity contribution in [3.8, 4) is 10.4 Å². The fourth-order valence-electron chi connectivity index (χ4n) is 3.67. The third kappa shape index (κ3) is 5.78. The van der Waals surface area contributed by atoms with Gasteiger partial charge in [0.2, 0.25) is 5.91 Å². The standard InChI is InChI=1S/C28H26N2O3S/c1-2-33-28(32)23-18-24(20-12-6-3-7-13-20)34-27(23)30-25(31)19-29-26(21-14-8-4-9-15-21)22-16-10-5-11-17-22/h3-18,26,29H,2,19H2,1H3,(H,30,31). The molecule has 0 aliphatic heterocycles. The molecule has 0 unspecified atom stereocenters. The lowest BCUT2D eigenvalue weighted by molar-refractivity contribution is -0.115. The number of carbonyl (C=O) groups excluding carboxylic acids is 2. The molecule has 6 heteroatoms. The average molecular weight is 471 g/mol. The topological polar surface area (TPSA) is 67.4 Å². The van der Waals surface area contributed by atoms with E-state index in [1.54, 1.807) is 13.0 Å². The van der Waals surface area contributed by atoms with Crippen molar-refractivity contribution in [2.45, 2.75) is 13.0 Å². The highest BCUT2D eigenvalue weighted by Gasteiger charge is 2.21.